The van der Waals surface area contributed by atoms with Crippen LogP contribution in [0.2, 0.25) is 0 Å². The fraction of sp³-hybridized carbons (Fsp3) is 0.929. The molecule has 1 saturated carbocycles. The average Bonchev–Trinajstić information content (AvgIpc) is 2.54. The molecule has 0 aromatic carbocycles. The van der Waals surface area contributed by atoms with Crippen LogP contribution >= 0.6 is 0 Å². The van der Waals surface area contributed by atoms with Gasteiger partial charge in [0, 0.05) is 13.1 Å². The van der Waals surface area contributed by atoms with Crippen molar-refractivity contribution in [1.29, 1.82) is 0 Å². The van der Waals surface area contributed by atoms with Gasteiger partial charge in [0.25, 0.3) is 0 Å². The minimum atomic E-state index is -0.270. The minimum Gasteiger partial charge on any atom is -0.356 e. The summed E-state index contributed by atoms with van der Waals surface area (Å²) in [7, 11) is 0. The standard InChI is InChI=1S/C14H28N2O/c1-12(2)7-10-16-13(17)14(11-15)8-5-3-4-6-9-14/h12H,3-11,15H2,1-2H3,(H,16,17). The van der Waals surface area contributed by atoms with E-state index >= 15 is 0 Å². The molecule has 1 amide bonds. The van der Waals surface area contributed by atoms with Crippen molar-refractivity contribution in [2.24, 2.45) is 17.1 Å². The highest BCUT2D eigenvalue weighted by molar-refractivity contribution is 5.82. The lowest BCUT2D eigenvalue weighted by Crippen LogP contribution is -2.46. The van der Waals surface area contributed by atoms with E-state index in [1.165, 1.54) is 12.8 Å². The van der Waals surface area contributed by atoms with Gasteiger partial charge in [0.1, 0.15) is 0 Å². The van der Waals surface area contributed by atoms with Crippen molar-refractivity contribution in [2.75, 3.05) is 13.1 Å². The van der Waals surface area contributed by atoms with E-state index in [9.17, 15) is 4.79 Å². The highest BCUT2D eigenvalue weighted by Crippen LogP contribution is 2.34. The summed E-state index contributed by atoms with van der Waals surface area (Å²) in [4.78, 5) is 12.3. The van der Waals surface area contributed by atoms with Crippen molar-refractivity contribution < 1.29 is 4.79 Å². The first-order chi connectivity index (χ1) is 8.10. The Morgan fingerprint density at radius 3 is 2.29 bits per heavy atom. The van der Waals surface area contributed by atoms with E-state index in [0.717, 1.165) is 38.6 Å². The van der Waals surface area contributed by atoms with Crippen LogP contribution in [0.3, 0.4) is 0 Å². The zero-order valence-corrected chi connectivity index (χ0v) is 11.4. The van der Waals surface area contributed by atoms with Crippen LogP contribution in [-0.4, -0.2) is 19.0 Å². The minimum absolute atomic E-state index is 0.197. The Kier molecular flexibility index (Phi) is 5.96. The van der Waals surface area contributed by atoms with E-state index in [0.29, 0.717) is 12.5 Å². The maximum atomic E-state index is 12.3. The summed E-state index contributed by atoms with van der Waals surface area (Å²) in [5.41, 5.74) is 5.61. The highest BCUT2D eigenvalue weighted by atomic mass is 16.2. The van der Waals surface area contributed by atoms with E-state index in [4.69, 9.17) is 5.73 Å². The van der Waals surface area contributed by atoms with Gasteiger partial charge in [-0.1, -0.05) is 39.5 Å². The van der Waals surface area contributed by atoms with Crippen LogP contribution in [-0.2, 0) is 4.79 Å². The van der Waals surface area contributed by atoms with Crippen LogP contribution in [0.1, 0.15) is 58.8 Å². The van der Waals surface area contributed by atoms with Gasteiger partial charge in [-0.05, 0) is 25.2 Å². The van der Waals surface area contributed by atoms with Crippen molar-refractivity contribution in [3.05, 3.63) is 0 Å². The third kappa shape index (κ3) is 4.30. The Hall–Kier alpha value is -0.570. The lowest BCUT2D eigenvalue weighted by Gasteiger charge is -2.30. The third-order valence-electron chi connectivity index (χ3n) is 3.94. The largest absolute Gasteiger partial charge is 0.356 e. The first-order valence-corrected chi connectivity index (χ1v) is 7.09. The molecule has 0 aromatic rings. The first-order valence-electron chi connectivity index (χ1n) is 7.09. The maximum Gasteiger partial charge on any atom is 0.227 e. The molecule has 0 spiro atoms. The topological polar surface area (TPSA) is 55.1 Å². The van der Waals surface area contributed by atoms with Gasteiger partial charge < -0.3 is 11.1 Å². The molecule has 0 radical (unpaired) electrons. The Labute approximate surface area is 106 Å². The van der Waals surface area contributed by atoms with Crippen LogP contribution < -0.4 is 11.1 Å². The van der Waals surface area contributed by atoms with Gasteiger partial charge in [0.15, 0.2) is 0 Å². The van der Waals surface area contributed by atoms with Crippen LogP contribution in [0.4, 0.5) is 0 Å². The summed E-state index contributed by atoms with van der Waals surface area (Å²) < 4.78 is 0. The number of hydrogen-bond acceptors (Lipinski definition) is 2. The van der Waals surface area contributed by atoms with Crippen LogP contribution in [0.5, 0.6) is 0 Å². The molecule has 1 fully saturated rings. The normalized spacial score (nSPS) is 20.0. The van der Waals surface area contributed by atoms with Crippen molar-refractivity contribution in [2.45, 2.75) is 58.8 Å². The zero-order valence-electron chi connectivity index (χ0n) is 11.4. The molecule has 3 nitrogen and oxygen atoms in total. The summed E-state index contributed by atoms with van der Waals surface area (Å²) in [5.74, 6) is 0.834. The van der Waals surface area contributed by atoms with Gasteiger partial charge in [-0.25, -0.2) is 0 Å². The third-order valence-corrected chi connectivity index (χ3v) is 3.94. The number of nitrogens with two attached hydrogens (primary N) is 1. The summed E-state index contributed by atoms with van der Waals surface area (Å²) in [6.45, 7) is 5.64. The number of hydrogen-bond donors (Lipinski definition) is 2. The molecular formula is C14H28N2O. The predicted molar refractivity (Wildman–Crippen MR) is 71.7 cm³/mol. The van der Waals surface area contributed by atoms with Crippen molar-refractivity contribution >= 4 is 5.91 Å². The molecule has 1 aliphatic rings. The number of carbonyl (C=O) groups is 1. The van der Waals surface area contributed by atoms with E-state index in [1.54, 1.807) is 0 Å². The van der Waals surface area contributed by atoms with Gasteiger partial charge >= 0.3 is 0 Å². The van der Waals surface area contributed by atoms with E-state index < -0.39 is 0 Å². The molecule has 3 N–H and O–H groups in total. The molecule has 3 heteroatoms. The molecule has 0 unspecified atom stereocenters. The van der Waals surface area contributed by atoms with Crippen molar-refractivity contribution in [3.8, 4) is 0 Å². The summed E-state index contributed by atoms with van der Waals surface area (Å²) >= 11 is 0. The van der Waals surface area contributed by atoms with E-state index in [-0.39, 0.29) is 11.3 Å². The molecule has 17 heavy (non-hydrogen) atoms. The van der Waals surface area contributed by atoms with Crippen molar-refractivity contribution in [1.82, 2.24) is 5.32 Å². The molecule has 0 aliphatic heterocycles. The van der Waals surface area contributed by atoms with Crippen LogP contribution in [0.25, 0.3) is 0 Å². The molecule has 0 atom stereocenters. The Morgan fingerprint density at radius 2 is 1.82 bits per heavy atom. The van der Waals surface area contributed by atoms with Crippen LogP contribution in [0.15, 0.2) is 0 Å². The van der Waals surface area contributed by atoms with Gasteiger partial charge in [0.2, 0.25) is 5.91 Å². The molecule has 0 heterocycles. The zero-order chi connectivity index (χ0) is 12.7. The molecule has 1 rings (SSSR count). The molecular weight excluding hydrogens is 212 g/mol. The van der Waals surface area contributed by atoms with Gasteiger partial charge in [-0.15, -0.1) is 0 Å². The van der Waals surface area contributed by atoms with Gasteiger partial charge in [-0.2, -0.15) is 0 Å². The number of carbonyl (C=O) groups excluding carboxylic acids is 1. The maximum absolute atomic E-state index is 12.3. The molecule has 0 aromatic heterocycles. The highest BCUT2D eigenvalue weighted by Gasteiger charge is 2.36. The Bertz CT molecular complexity index is 230. The fourth-order valence-electron chi connectivity index (χ4n) is 2.59. The summed E-state index contributed by atoms with van der Waals surface area (Å²) in [6.07, 6.45) is 7.78. The van der Waals surface area contributed by atoms with Crippen molar-refractivity contribution in [3.63, 3.8) is 0 Å². The molecule has 100 valence electrons. The lowest BCUT2D eigenvalue weighted by atomic mass is 9.79. The predicted octanol–water partition coefficient (Wildman–Crippen LogP) is 2.45. The molecule has 0 saturated heterocycles. The number of rotatable bonds is 5. The smallest absolute Gasteiger partial charge is 0.227 e. The Morgan fingerprint density at radius 1 is 1.24 bits per heavy atom. The molecule has 1 aliphatic carbocycles. The van der Waals surface area contributed by atoms with Gasteiger partial charge in [0.05, 0.1) is 5.41 Å². The fourth-order valence-corrected chi connectivity index (χ4v) is 2.59. The van der Waals surface area contributed by atoms with Gasteiger partial charge in [-0.3, -0.25) is 4.79 Å². The number of nitrogens with one attached hydrogen (secondary N) is 1. The second-order valence-corrected chi connectivity index (χ2v) is 5.84. The number of amides is 1. The van der Waals surface area contributed by atoms with E-state index in [1.807, 2.05) is 0 Å². The van der Waals surface area contributed by atoms with Crippen LogP contribution in [0, 0.1) is 11.3 Å². The lowest BCUT2D eigenvalue weighted by molar-refractivity contribution is -0.131. The van der Waals surface area contributed by atoms with E-state index in [2.05, 4.69) is 19.2 Å². The first kappa shape index (κ1) is 14.5. The summed E-state index contributed by atoms with van der Waals surface area (Å²) in [5, 5.41) is 3.08. The monoisotopic (exact) mass is 240 g/mol. The quantitative estimate of drug-likeness (QED) is 0.725. The average molecular weight is 240 g/mol. The SMILES string of the molecule is CC(C)CCNC(=O)C1(CN)CCCCCC1. The summed E-state index contributed by atoms with van der Waals surface area (Å²) in [6, 6.07) is 0. The Balaban J connectivity index is 2.49. The second-order valence-electron chi connectivity index (χ2n) is 5.84. The molecule has 0 bridgehead atoms. The second kappa shape index (κ2) is 7.00.